The molecular formula is C27H31N3O5. The van der Waals surface area contributed by atoms with Crippen molar-refractivity contribution in [2.24, 2.45) is 11.3 Å². The largest absolute Gasteiger partial charge is 0.480 e. The lowest BCUT2D eigenvalue weighted by atomic mass is 9.98. The number of benzene rings is 2. The Morgan fingerprint density at radius 3 is 2.29 bits per heavy atom. The van der Waals surface area contributed by atoms with Gasteiger partial charge in [-0.1, -0.05) is 48.5 Å². The second kappa shape index (κ2) is 9.00. The number of aliphatic carboxylic acids is 1. The molecule has 8 nitrogen and oxygen atoms in total. The van der Waals surface area contributed by atoms with E-state index >= 15 is 0 Å². The number of carboxylic acids is 1. The fraction of sp³-hybridized carbons (Fsp3) is 0.444. The van der Waals surface area contributed by atoms with Gasteiger partial charge in [0.05, 0.1) is 5.41 Å². The van der Waals surface area contributed by atoms with E-state index in [-0.39, 0.29) is 36.9 Å². The quantitative estimate of drug-likeness (QED) is 0.540. The van der Waals surface area contributed by atoms with Crippen molar-refractivity contribution in [3.8, 4) is 11.1 Å². The van der Waals surface area contributed by atoms with Crippen LogP contribution in [0.1, 0.15) is 36.3 Å². The summed E-state index contributed by atoms with van der Waals surface area (Å²) in [7, 11) is 3.54. The molecule has 0 radical (unpaired) electrons. The fourth-order valence-corrected chi connectivity index (χ4v) is 5.95. The van der Waals surface area contributed by atoms with E-state index in [0.717, 1.165) is 17.5 Å². The lowest BCUT2D eigenvalue weighted by Gasteiger charge is -2.22. The zero-order chi connectivity index (χ0) is 24.7. The number of alkyl carbamates (subject to hydrolysis) is 1. The molecule has 2 amide bonds. The number of amides is 2. The molecule has 3 aliphatic carbocycles. The molecule has 2 aromatic rings. The number of ether oxygens (including phenoxy) is 1. The molecule has 5 rings (SSSR count). The van der Waals surface area contributed by atoms with Gasteiger partial charge in [-0.25, -0.2) is 9.59 Å². The Bertz CT molecular complexity index is 1120. The van der Waals surface area contributed by atoms with Gasteiger partial charge in [0.25, 0.3) is 0 Å². The summed E-state index contributed by atoms with van der Waals surface area (Å²) in [5.74, 6) is -1.12. The van der Waals surface area contributed by atoms with Crippen LogP contribution in [0, 0.1) is 11.3 Å². The maximum Gasteiger partial charge on any atom is 0.407 e. The van der Waals surface area contributed by atoms with Crippen molar-refractivity contribution in [3.05, 3.63) is 59.7 Å². The summed E-state index contributed by atoms with van der Waals surface area (Å²) in [6.07, 6.45) is 1.45. The highest BCUT2D eigenvalue weighted by Gasteiger charge is 2.65. The summed E-state index contributed by atoms with van der Waals surface area (Å²) in [5, 5.41) is 15.1. The summed E-state index contributed by atoms with van der Waals surface area (Å²) in [6.45, 7) is 0.468. The van der Waals surface area contributed by atoms with Crippen molar-refractivity contribution in [1.82, 2.24) is 15.5 Å². The summed E-state index contributed by atoms with van der Waals surface area (Å²) in [6, 6.07) is 15.3. The van der Waals surface area contributed by atoms with Crippen LogP contribution in [0.15, 0.2) is 48.5 Å². The van der Waals surface area contributed by atoms with Crippen molar-refractivity contribution >= 4 is 18.0 Å². The number of nitrogens with one attached hydrogen (secondary N) is 2. The van der Waals surface area contributed by atoms with E-state index in [0.29, 0.717) is 12.8 Å². The fourth-order valence-electron chi connectivity index (χ4n) is 5.95. The van der Waals surface area contributed by atoms with Crippen LogP contribution in [0.3, 0.4) is 0 Å². The van der Waals surface area contributed by atoms with Gasteiger partial charge in [-0.05, 0) is 61.5 Å². The molecule has 0 saturated heterocycles. The molecule has 4 unspecified atom stereocenters. The molecular weight excluding hydrogens is 446 g/mol. The van der Waals surface area contributed by atoms with Gasteiger partial charge >= 0.3 is 12.1 Å². The minimum atomic E-state index is -1.05. The lowest BCUT2D eigenvalue weighted by Crippen LogP contribution is -2.49. The highest BCUT2D eigenvalue weighted by atomic mass is 16.5. The SMILES string of the molecule is CN(C)CC(NC(=O)C12CC(NC(=O)OCC3c4ccccc4-c4ccccc43)CC1C2)C(=O)O. The summed E-state index contributed by atoms with van der Waals surface area (Å²) in [5.41, 5.74) is 4.08. The normalized spacial score (nSPS) is 24.8. The van der Waals surface area contributed by atoms with Gasteiger partial charge in [-0.15, -0.1) is 0 Å². The first-order valence-electron chi connectivity index (χ1n) is 12.1. The minimum Gasteiger partial charge on any atom is -0.480 e. The highest BCUT2D eigenvalue weighted by Crippen LogP contribution is 2.63. The Hall–Kier alpha value is -3.39. The van der Waals surface area contributed by atoms with Crippen LogP contribution in [-0.4, -0.2) is 67.3 Å². The highest BCUT2D eigenvalue weighted by molar-refractivity contribution is 5.90. The van der Waals surface area contributed by atoms with Gasteiger partial charge in [0, 0.05) is 18.5 Å². The van der Waals surface area contributed by atoms with E-state index in [2.05, 4.69) is 34.9 Å². The van der Waals surface area contributed by atoms with Gasteiger partial charge in [0.1, 0.15) is 12.6 Å². The second-order valence-corrected chi connectivity index (χ2v) is 10.3. The van der Waals surface area contributed by atoms with E-state index < -0.39 is 23.5 Å². The number of carboxylic acid groups (broad SMARTS) is 1. The predicted octanol–water partition coefficient (Wildman–Crippen LogP) is 2.82. The van der Waals surface area contributed by atoms with E-state index in [1.54, 1.807) is 19.0 Å². The number of carbonyl (C=O) groups is 3. The Labute approximate surface area is 204 Å². The van der Waals surface area contributed by atoms with Crippen LogP contribution in [-0.2, 0) is 14.3 Å². The minimum absolute atomic E-state index is 0.00750. The molecule has 3 N–H and O–H groups in total. The van der Waals surface area contributed by atoms with Crippen molar-refractivity contribution in [2.45, 2.75) is 37.3 Å². The Morgan fingerprint density at radius 2 is 1.69 bits per heavy atom. The molecule has 3 aliphatic rings. The molecule has 0 bridgehead atoms. The van der Waals surface area contributed by atoms with E-state index in [1.165, 1.54) is 11.1 Å². The Balaban J connectivity index is 1.16. The molecule has 0 aromatic heterocycles. The zero-order valence-electron chi connectivity index (χ0n) is 20.0. The third kappa shape index (κ3) is 4.38. The number of hydrogen-bond acceptors (Lipinski definition) is 5. The Kier molecular flexibility index (Phi) is 6.01. The third-order valence-corrected chi connectivity index (χ3v) is 7.68. The molecule has 0 spiro atoms. The molecule has 2 fully saturated rings. The molecule has 184 valence electrons. The molecule has 8 heteroatoms. The predicted molar refractivity (Wildman–Crippen MR) is 130 cm³/mol. The smallest absolute Gasteiger partial charge is 0.407 e. The number of fused-ring (bicyclic) bond motifs is 4. The first-order valence-corrected chi connectivity index (χ1v) is 12.1. The van der Waals surface area contributed by atoms with Crippen molar-refractivity contribution in [3.63, 3.8) is 0 Å². The Morgan fingerprint density at radius 1 is 1.06 bits per heavy atom. The molecule has 4 atom stereocenters. The van der Waals surface area contributed by atoms with Gasteiger partial charge in [0.2, 0.25) is 5.91 Å². The van der Waals surface area contributed by atoms with Crippen molar-refractivity contribution in [2.75, 3.05) is 27.2 Å². The van der Waals surface area contributed by atoms with Gasteiger partial charge in [0.15, 0.2) is 0 Å². The van der Waals surface area contributed by atoms with E-state index in [1.807, 2.05) is 24.3 Å². The van der Waals surface area contributed by atoms with Crippen LogP contribution in [0.5, 0.6) is 0 Å². The number of hydrogen-bond donors (Lipinski definition) is 3. The summed E-state index contributed by atoms with van der Waals surface area (Å²) >= 11 is 0. The van der Waals surface area contributed by atoms with Crippen molar-refractivity contribution in [1.29, 1.82) is 0 Å². The van der Waals surface area contributed by atoms with Crippen LogP contribution in [0.25, 0.3) is 11.1 Å². The van der Waals surface area contributed by atoms with Gasteiger partial charge < -0.3 is 25.4 Å². The van der Waals surface area contributed by atoms with E-state index in [9.17, 15) is 19.5 Å². The number of carbonyl (C=O) groups excluding carboxylic acids is 2. The molecule has 2 aromatic carbocycles. The first-order chi connectivity index (χ1) is 16.8. The molecule has 35 heavy (non-hydrogen) atoms. The van der Waals surface area contributed by atoms with Crippen LogP contribution < -0.4 is 10.6 Å². The van der Waals surface area contributed by atoms with Gasteiger partial charge in [-0.3, -0.25) is 4.79 Å². The molecule has 0 aliphatic heterocycles. The third-order valence-electron chi connectivity index (χ3n) is 7.68. The van der Waals surface area contributed by atoms with E-state index in [4.69, 9.17) is 4.74 Å². The number of rotatable bonds is 8. The standard InChI is InChI=1S/C27H31N3O5/c1-30(2)14-23(24(31)32)29-25(33)27-12-16(27)11-17(13-27)28-26(34)35-15-22-20-9-5-3-7-18(20)19-8-4-6-10-21(19)22/h3-10,16-17,22-23H,11-15H2,1-2H3,(H,28,34)(H,29,33)(H,31,32). The number of likely N-dealkylation sites (N-methyl/N-ethyl adjacent to an activating group) is 1. The first kappa shape index (κ1) is 23.4. The van der Waals surface area contributed by atoms with Crippen LogP contribution >= 0.6 is 0 Å². The summed E-state index contributed by atoms with van der Waals surface area (Å²) in [4.78, 5) is 38.8. The molecule has 2 saturated carbocycles. The average molecular weight is 478 g/mol. The zero-order valence-corrected chi connectivity index (χ0v) is 20.0. The topological polar surface area (TPSA) is 108 Å². The van der Waals surface area contributed by atoms with Crippen LogP contribution in [0.4, 0.5) is 4.79 Å². The van der Waals surface area contributed by atoms with Crippen molar-refractivity contribution < 1.29 is 24.2 Å². The average Bonchev–Trinajstić information content (AvgIpc) is 3.25. The maximum atomic E-state index is 12.9. The van der Waals surface area contributed by atoms with Gasteiger partial charge in [-0.2, -0.15) is 0 Å². The molecule has 0 heterocycles. The monoisotopic (exact) mass is 477 g/mol. The second-order valence-electron chi connectivity index (χ2n) is 10.3. The maximum absolute atomic E-state index is 12.9. The summed E-state index contributed by atoms with van der Waals surface area (Å²) < 4.78 is 5.65. The lowest BCUT2D eigenvalue weighted by molar-refractivity contribution is -0.143. The number of nitrogens with zero attached hydrogens (tertiary/aromatic N) is 1. The van der Waals surface area contributed by atoms with Crippen LogP contribution in [0.2, 0.25) is 0 Å².